The molecule has 0 aliphatic rings. The van der Waals surface area contributed by atoms with Crippen LogP contribution in [0.3, 0.4) is 0 Å². The van der Waals surface area contributed by atoms with Gasteiger partial charge in [-0.3, -0.25) is 4.79 Å². The van der Waals surface area contributed by atoms with Crippen molar-refractivity contribution in [3.8, 4) is 0 Å². The number of aliphatic carboxylic acids is 1. The first-order chi connectivity index (χ1) is 6.41. The molecule has 82 valence electrons. The molecule has 0 aliphatic heterocycles. The van der Waals surface area contributed by atoms with Crippen LogP contribution in [0, 0.1) is 0 Å². The third-order valence-electron chi connectivity index (χ3n) is 1.42. The predicted molar refractivity (Wildman–Crippen MR) is 52.2 cm³/mol. The Morgan fingerprint density at radius 3 is 2.43 bits per heavy atom. The van der Waals surface area contributed by atoms with Crippen molar-refractivity contribution < 1.29 is 14.7 Å². The van der Waals surface area contributed by atoms with E-state index < -0.39 is 12.0 Å². The van der Waals surface area contributed by atoms with Crippen LogP contribution in [-0.4, -0.2) is 55.2 Å². The second-order valence-corrected chi connectivity index (χ2v) is 3.38. The van der Waals surface area contributed by atoms with E-state index in [0.29, 0.717) is 6.54 Å². The number of likely N-dealkylation sites (N-methyl/N-ethyl adjacent to an activating group) is 1. The van der Waals surface area contributed by atoms with Crippen LogP contribution in [0.1, 0.15) is 6.92 Å². The fourth-order valence-corrected chi connectivity index (χ4v) is 1.02. The van der Waals surface area contributed by atoms with Crippen molar-refractivity contribution >= 4 is 12.0 Å². The largest absolute Gasteiger partial charge is 0.480 e. The molecule has 14 heavy (non-hydrogen) atoms. The molecule has 0 fully saturated rings. The number of carboxylic acids is 1. The molecule has 2 amide bonds. The lowest BCUT2D eigenvalue weighted by atomic mass is 10.3. The van der Waals surface area contributed by atoms with Crippen molar-refractivity contribution in [3.05, 3.63) is 0 Å². The minimum atomic E-state index is -1.06. The molecule has 0 spiro atoms. The predicted octanol–water partition coefficient (Wildman–Crippen LogP) is -0.680. The molecule has 3 N–H and O–H groups in total. The van der Waals surface area contributed by atoms with Gasteiger partial charge in [-0.2, -0.15) is 0 Å². The van der Waals surface area contributed by atoms with E-state index in [-0.39, 0.29) is 12.6 Å². The van der Waals surface area contributed by atoms with Crippen molar-refractivity contribution in [2.24, 2.45) is 0 Å². The molecule has 0 aromatic heterocycles. The number of amides is 2. The zero-order valence-corrected chi connectivity index (χ0v) is 8.70. The van der Waals surface area contributed by atoms with E-state index in [2.05, 4.69) is 10.6 Å². The quantitative estimate of drug-likeness (QED) is 0.553. The smallest absolute Gasteiger partial charge is 0.323 e. The number of nitrogens with one attached hydrogen (secondary N) is 2. The average molecular weight is 203 g/mol. The van der Waals surface area contributed by atoms with Crippen LogP contribution in [0.25, 0.3) is 0 Å². The fraction of sp³-hybridized carbons (Fsp3) is 0.750. The van der Waals surface area contributed by atoms with Crippen LogP contribution < -0.4 is 10.6 Å². The number of rotatable bonds is 5. The van der Waals surface area contributed by atoms with Gasteiger partial charge in [0, 0.05) is 12.6 Å². The molecule has 1 unspecified atom stereocenters. The minimum absolute atomic E-state index is 0.0150. The molecule has 0 saturated carbocycles. The second kappa shape index (κ2) is 6.20. The van der Waals surface area contributed by atoms with Crippen molar-refractivity contribution in [3.63, 3.8) is 0 Å². The van der Waals surface area contributed by atoms with E-state index in [4.69, 9.17) is 5.11 Å². The first kappa shape index (κ1) is 12.7. The molecule has 0 heterocycles. The summed E-state index contributed by atoms with van der Waals surface area (Å²) in [6, 6.07) is -0.472. The topological polar surface area (TPSA) is 81.7 Å². The standard InChI is InChI=1S/C8H17N3O3/c1-6(5-11(2)3)10-8(14)9-4-7(12)13/h6H,4-5H2,1-3H3,(H,12,13)(H2,9,10,14). The summed E-state index contributed by atoms with van der Waals surface area (Å²) in [5.41, 5.74) is 0. The summed E-state index contributed by atoms with van der Waals surface area (Å²) in [6.07, 6.45) is 0. The number of carbonyl (C=O) groups excluding carboxylic acids is 1. The molecule has 0 aliphatic carbocycles. The normalized spacial score (nSPS) is 12.3. The highest BCUT2D eigenvalue weighted by atomic mass is 16.4. The van der Waals surface area contributed by atoms with Gasteiger partial charge >= 0.3 is 12.0 Å². The number of urea groups is 1. The van der Waals surface area contributed by atoms with E-state index in [1.807, 2.05) is 25.9 Å². The molecule has 0 radical (unpaired) electrons. The van der Waals surface area contributed by atoms with E-state index in [1.165, 1.54) is 0 Å². The lowest BCUT2D eigenvalue weighted by molar-refractivity contribution is -0.135. The highest BCUT2D eigenvalue weighted by molar-refractivity contribution is 5.79. The van der Waals surface area contributed by atoms with Crippen molar-refractivity contribution in [1.29, 1.82) is 0 Å². The molecule has 0 saturated heterocycles. The first-order valence-electron chi connectivity index (χ1n) is 4.32. The van der Waals surface area contributed by atoms with Gasteiger partial charge in [-0.1, -0.05) is 0 Å². The van der Waals surface area contributed by atoms with Gasteiger partial charge < -0.3 is 20.6 Å². The molecular formula is C8H17N3O3. The van der Waals surface area contributed by atoms with Gasteiger partial charge in [0.05, 0.1) is 0 Å². The van der Waals surface area contributed by atoms with E-state index in [1.54, 1.807) is 0 Å². The first-order valence-corrected chi connectivity index (χ1v) is 4.32. The van der Waals surface area contributed by atoms with Gasteiger partial charge in [-0.15, -0.1) is 0 Å². The lowest BCUT2D eigenvalue weighted by Crippen LogP contribution is -2.46. The third-order valence-corrected chi connectivity index (χ3v) is 1.42. The van der Waals surface area contributed by atoms with Crippen LogP contribution in [0.2, 0.25) is 0 Å². The number of carbonyl (C=O) groups is 2. The third kappa shape index (κ3) is 7.35. The average Bonchev–Trinajstić information content (AvgIpc) is 1.98. The summed E-state index contributed by atoms with van der Waals surface area (Å²) in [7, 11) is 3.79. The number of hydrogen-bond acceptors (Lipinski definition) is 3. The molecule has 0 bridgehead atoms. The Morgan fingerprint density at radius 1 is 1.43 bits per heavy atom. The van der Waals surface area contributed by atoms with Gasteiger partial charge in [-0.25, -0.2) is 4.79 Å². The SMILES string of the molecule is CC(CN(C)C)NC(=O)NCC(=O)O. The van der Waals surface area contributed by atoms with E-state index >= 15 is 0 Å². The van der Waals surface area contributed by atoms with Crippen LogP contribution in [0.15, 0.2) is 0 Å². The maximum absolute atomic E-state index is 11.0. The van der Waals surface area contributed by atoms with Crippen molar-refractivity contribution in [1.82, 2.24) is 15.5 Å². The molecular weight excluding hydrogens is 186 g/mol. The molecule has 0 rings (SSSR count). The molecule has 0 aromatic rings. The van der Waals surface area contributed by atoms with Gasteiger partial charge in [0.25, 0.3) is 0 Å². The van der Waals surface area contributed by atoms with Crippen LogP contribution >= 0.6 is 0 Å². The maximum Gasteiger partial charge on any atom is 0.323 e. The Bertz CT molecular complexity index is 206. The minimum Gasteiger partial charge on any atom is -0.480 e. The Morgan fingerprint density at radius 2 is 2.00 bits per heavy atom. The zero-order valence-electron chi connectivity index (χ0n) is 8.70. The van der Waals surface area contributed by atoms with Crippen LogP contribution in [0.4, 0.5) is 4.79 Å². The summed E-state index contributed by atoms with van der Waals surface area (Å²) >= 11 is 0. The summed E-state index contributed by atoms with van der Waals surface area (Å²) < 4.78 is 0. The zero-order chi connectivity index (χ0) is 11.1. The van der Waals surface area contributed by atoms with Crippen LogP contribution in [0.5, 0.6) is 0 Å². The number of hydrogen-bond donors (Lipinski definition) is 3. The summed E-state index contributed by atoms with van der Waals surface area (Å²) in [5, 5.41) is 13.1. The maximum atomic E-state index is 11.0. The summed E-state index contributed by atoms with van der Waals surface area (Å²) in [4.78, 5) is 23.1. The van der Waals surface area contributed by atoms with Gasteiger partial charge in [0.2, 0.25) is 0 Å². The van der Waals surface area contributed by atoms with Gasteiger partial charge in [-0.05, 0) is 21.0 Å². The Hall–Kier alpha value is -1.30. The Labute approximate surface area is 83.3 Å². The second-order valence-electron chi connectivity index (χ2n) is 3.38. The molecule has 0 aromatic carbocycles. The fourth-order valence-electron chi connectivity index (χ4n) is 1.02. The van der Waals surface area contributed by atoms with Crippen molar-refractivity contribution in [2.75, 3.05) is 27.2 Å². The Balaban J connectivity index is 3.65. The Kier molecular flexibility index (Phi) is 5.62. The van der Waals surface area contributed by atoms with E-state index in [9.17, 15) is 9.59 Å². The summed E-state index contributed by atoms with van der Waals surface area (Å²) in [5.74, 6) is -1.06. The van der Waals surface area contributed by atoms with Crippen LogP contribution in [-0.2, 0) is 4.79 Å². The van der Waals surface area contributed by atoms with E-state index in [0.717, 1.165) is 0 Å². The lowest BCUT2D eigenvalue weighted by Gasteiger charge is -2.18. The highest BCUT2D eigenvalue weighted by Gasteiger charge is 2.08. The van der Waals surface area contributed by atoms with Gasteiger partial charge in [0.15, 0.2) is 0 Å². The molecule has 6 heteroatoms. The number of carboxylic acid groups (broad SMARTS) is 1. The monoisotopic (exact) mass is 203 g/mol. The molecule has 6 nitrogen and oxygen atoms in total. The highest BCUT2D eigenvalue weighted by Crippen LogP contribution is 1.84. The van der Waals surface area contributed by atoms with Crippen molar-refractivity contribution in [2.45, 2.75) is 13.0 Å². The van der Waals surface area contributed by atoms with Gasteiger partial charge in [0.1, 0.15) is 6.54 Å². The number of nitrogens with zero attached hydrogens (tertiary/aromatic N) is 1. The molecule has 1 atom stereocenters. The summed E-state index contributed by atoms with van der Waals surface area (Å²) in [6.45, 7) is 2.20.